The summed E-state index contributed by atoms with van der Waals surface area (Å²) in [4.78, 5) is 32.4. The Balaban J connectivity index is 1.74. The summed E-state index contributed by atoms with van der Waals surface area (Å²) < 4.78 is 1.22. The zero-order valence-corrected chi connectivity index (χ0v) is 11.6. The van der Waals surface area contributed by atoms with Crippen LogP contribution >= 0.6 is 0 Å². The van der Waals surface area contributed by atoms with Crippen molar-refractivity contribution in [3.63, 3.8) is 0 Å². The molecule has 1 saturated carbocycles. The lowest BCUT2D eigenvalue weighted by Gasteiger charge is -1.99. The Morgan fingerprint density at radius 1 is 1.23 bits per heavy atom. The molecule has 1 aromatic carbocycles. The van der Waals surface area contributed by atoms with E-state index in [1.165, 1.54) is 10.6 Å². The van der Waals surface area contributed by atoms with Gasteiger partial charge in [0.15, 0.2) is 0 Å². The zero-order chi connectivity index (χ0) is 15.1. The molecule has 7 heteroatoms. The molecule has 2 N–H and O–H groups in total. The Hall–Kier alpha value is -2.96. The number of hydrogen-bond acceptors (Lipinski definition) is 4. The predicted molar refractivity (Wildman–Crippen MR) is 80.4 cm³/mol. The van der Waals surface area contributed by atoms with E-state index in [2.05, 4.69) is 20.4 Å². The molecule has 0 bridgehead atoms. The number of rotatable bonds is 3. The van der Waals surface area contributed by atoms with Crippen LogP contribution in [0.25, 0.3) is 17.0 Å². The van der Waals surface area contributed by atoms with E-state index in [1.807, 2.05) is 30.3 Å². The summed E-state index contributed by atoms with van der Waals surface area (Å²) in [5, 5.41) is 5.43. The van der Waals surface area contributed by atoms with Crippen molar-refractivity contribution in [2.45, 2.75) is 12.8 Å². The van der Waals surface area contributed by atoms with Crippen LogP contribution in [-0.2, 0) is 4.79 Å². The van der Waals surface area contributed by atoms with Crippen molar-refractivity contribution in [3.05, 3.63) is 46.8 Å². The minimum atomic E-state index is -0.275. The van der Waals surface area contributed by atoms with Gasteiger partial charge in [-0.05, 0) is 12.8 Å². The highest BCUT2D eigenvalue weighted by molar-refractivity contribution is 5.92. The maximum absolute atomic E-state index is 12.2. The van der Waals surface area contributed by atoms with Crippen molar-refractivity contribution in [1.82, 2.24) is 19.6 Å². The lowest BCUT2D eigenvalue weighted by molar-refractivity contribution is -0.117. The standard InChI is InChI=1S/C15H13N5O2/c21-12-8-11(9-4-2-1-3-5-9)16-15-18-14(19-20(12)15)17-13(22)10-6-7-10/h1-5,8,10H,6-7H2,(H2,16,17,18,19,22). The number of carbonyl (C=O) groups is 1. The molecule has 1 aliphatic rings. The van der Waals surface area contributed by atoms with Gasteiger partial charge in [-0.15, -0.1) is 0 Å². The number of fused-ring (bicyclic) bond motifs is 1. The number of aromatic nitrogens is 4. The molecule has 110 valence electrons. The normalized spacial score (nSPS) is 14.2. The summed E-state index contributed by atoms with van der Waals surface area (Å²) in [6.07, 6.45) is 1.81. The van der Waals surface area contributed by atoms with Crippen LogP contribution in [0.3, 0.4) is 0 Å². The third-order valence-electron chi connectivity index (χ3n) is 3.59. The van der Waals surface area contributed by atoms with Crippen molar-refractivity contribution in [1.29, 1.82) is 0 Å². The maximum atomic E-state index is 12.2. The van der Waals surface area contributed by atoms with Crippen LogP contribution < -0.4 is 10.9 Å². The van der Waals surface area contributed by atoms with Gasteiger partial charge >= 0.3 is 0 Å². The van der Waals surface area contributed by atoms with Gasteiger partial charge in [0.05, 0.1) is 5.69 Å². The van der Waals surface area contributed by atoms with Gasteiger partial charge in [0.2, 0.25) is 11.9 Å². The highest BCUT2D eigenvalue weighted by Crippen LogP contribution is 2.29. The SMILES string of the molecule is O=C(Nc1nc2nc(-c3ccccc3)cc(=O)n2[nH]1)C1CC1. The van der Waals surface area contributed by atoms with Crippen LogP contribution in [0.4, 0.5) is 5.95 Å². The highest BCUT2D eigenvalue weighted by atomic mass is 16.2. The minimum absolute atomic E-state index is 0.0674. The van der Waals surface area contributed by atoms with Gasteiger partial charge in [-0.3, -0.25) is 20.0 Å². The van der Waals surface area contributed by atoms with E-state index in [9.17, 15) is 9.59 Å². The molecule has 0 saturated heterocycles. The zero-order valence-electron chi connectivity index (χ0n) is 11.6. The van der Waals surface area contributed by atoms with Crippen LogP contribution in [0, 0.1) is 5.92 Å². The van der Waals surface area contributed by atoms with Gasteiger partial charge in [-0.1, -0.05) is 30.3 Å². The predicted octanol–water partition coefficient (Wildman–Crippen LogP) is 1.43. The van der Waals surface area contributed by atoms with Crippen LogP contribution in [0.15, 0.2) is 41.2 Å². The van der Waals surface area contributed by atoms with E-state index < -0.39 is 0 Å². The topological polar surface area (TPSA) is 92.2 Å². The average molecular weight is 295 g/mol. The number of anilines is 1. The first-order valence-electron chi connectivity index (χ1n) is 7.07. The second kappa shape index (κ2) is 4.80. The summed E-state index contributed by atoms with van der Waals surface area (Å²) in [5.74, 6) is 0.470. The first kappa shape index (κ1) is 12.8. The summed E-state index contributed by atoms with van der Waals surface area (Å²) in [5.41, 5.74) is 1.12. The Morgan fingerprint density at radius 3 is 2.73 bits per heavy atom. The van der Waals surface area contributed by atoms with Crippen LogP contribution in [0.2, 0.25) is 0 Å². The third-order valence-corrected chi connectivity index (χ3v) is 3.59. The third kappa shape index (κ3) is 2.26. The van der Waals surface area contributed by atoms with Crippen LogP contribution in [-0.4, -0.2) is 25.5 Å². The molecule has 2 aromatic heterocycles. The Labute approximate surface area is 125 Å². The summed E-state index contributed by atoms with van der Waals surface area (Å²) in [7, 11) is 0. The fourth-order valence-electron chi connectivity index (χ4n) is 2.26. The fraction of sp³-hybridized carbons (Fsp3) is 0.200. The highest BCUT2D eigenvalue weighted by Gasteiger charge is 2.30. The van der Waals surface area contributed by atoms with E-state index in [1.54, 1.807) is 0 Å². The Bertz CT molecular complexity index is 909. The van der Waals surface area contributed by atoms with Crippen molar-refractivity contribution < 1.29 is 4.79 Å². The number of amides is 1. The lowest BCUT2D eigenvalue weighted by Crippen LogP contribution is -2.16. The molecule has 0 atom stereocenters. The molecular weight excluding hydrogens is 282 g/mol. The molecule has 0 radical (unpaired) electrons. The second-order valence-corrected chi connectivity index (χ2v) is 5.32. The molecule has 1 aliphatic carbocycles. The lowest BCUT2D eigenvalue weighted by atomic mass is 10.1. The number of H-pyrrole nitrogens is 1. The number of nitrogens with one attached hydrogen (secondary N) is 2. The van der Waals surface area contributed by atoms with Crippen molar-refractivity contribution in [3.8, 4) is 11.3 Å². The smallest absolute Gasteiger partial charge is 0.274 e. The van der Waals surface area contributed by atoms with Crippen LogP contribution in [0.5, 0.6) is 0 Å². The number of aromatic amines is 1. The maximum Gasteiger partial charge on any atom is 0.274 e. The summed E-state index contributed by atoms with van der Waals surface area (Å²) >= 11 is 0. The molecule has 0 unspecified atom stereocenters. The first-order valence-corrected chi connectivity index (χ1v) is 7.07. The van der Waals surface area contributed by atoms with Gasteiger partial charge in [-0.25, -0.2) is 4.98 Å². The van der Waals surface area contributed by atoms with Crippen LogP contribution in [0.1, 0.15) is 12.8 Å². The van der Waals surface area contributed by atoms with E-state index in [4.69, 9.17) is 0 Å². The average Bonchev–Trinajstić information content (AvgIpc) is 3.29. The van der Waals surface area contributed by atoms with Gasteiger partial charge < -0.3 is 0 Å². The number of benzene rings is 1. The molecule has 3 aromatic rings. The number of carbonyl (C=O) groups excluding carboxylic acids is 1. The van der Waals surface area contributed by atoms with Gasteiger partial charge in [0, 0.05) is 17.5 Å². The summed E-state index contributed by atoms with van der Waals surface area (Å²) in [6, 6.07) is 10.8. The number of nitrogens with zero attached hydrogens (tertiary/aromatic N) is 3. The van der Waals surface area contributed by atoms with E-state index in [0.29, 0.717) is 5.69 Å². The quantitative estimate of drug-likeness (QED) is 0.764. The molecule has 1 fully saturated rings. The monoisotopic (exact) mass is 295 g/mol. The van der Waals surface area contributed by atoms with Crippen molar-refractivity contribution in [2.75, 3.05) is 5.32 Å². The van der Waals surface area contributed by atoms with Crippen molar-refractivity contribution in [2.24, 2.45) is 5.92 Å². The summed E-state index contributed by atoms with van der Waals surface area (Å²) in [6.45, 7) is 0. The Morgan fingerprint density at radius 2 is 2.00 bits per heavy atom. The minimum Gasteiger partial charge on any atom is -0.295 e. The first-order chi connectivity index (χ1) is 10.7. The van der Waals surface area contributed by atoms with Gasteiger partial charge in [0.1, 0.15) is 0 Å². The second-order valence-electron chi connectivity index (χ2n) is 5.32. The van der Waals surface area contributed by atoms with E-state index in [0.717, 1.165) is 18.4 Å². The van der Waals surface area contributed by atoms with Gasteiger partial charge in [-0.2, -0.15) is 9.50 Å². The molecule has 22 heavy (non-hydrogen) atoms. The van der Waals surface area contributed by atoms with E-state index in [-0.39, 0.29) is 29.1 Å². The van der Waals surface area contributed by atoms with Crippen molar-refractivity contribution >= 4 is 17.6 Å². The fourth-order valence-corrected chi connectivity index (χ4v) is 2.26. The van der Waals surface area contributed by atoms with Gasteiger partial charge in [0.25, 0.3) is 11.3 Å². The molecule has 0 aliphatic heterocycles. The number of hydrogen-bond donors (Lipinski definition) is 2. The van der Waals surface area contributed by atoms with E-state index >= 15 is 0 Å². The largest absolute Gasteiger partial charge is 0.295 e. The Kier molecular flexibility index (Phi) is 2.78. The molecule has 1 amide bonds. The molecule has 7 nitrogen and oxygen atoms in total. The molecular formula is C15H13N5O2. The molecule has 4 rings (SSSR count). The molecule has 0 spiro atoms. The molecule has 2 heterocycles.